The summed E-state index contributed by atoms with van der Waals surface area (Å²) < 4.78 is 21.6. The molecule has 0 amide bonds. The molecule has 0 N–H and O–H groups in total. The zero-order chi connectivity index (χ0) is 26.7. The summed E-state index contributed by atoms with van der Waals surface area (Å²) in [6.45, 7) is 4.46. The van der Waals surface area contributed by atoms with Gasteiger partial charge in [0, 0.05) is 10.8 Å². The summed E-state index contributed by atoms with van der Waals surface area (Å²) in [5.74, 6) is -0.261. The van der Waals surface area contributed by atoms with Crippen LogP contribution in [0.2, 0.25) is 0 Å². The van der Waals surface area contributed by atoms with Crippen LogP contribution in [0, 0.1) is 10.5 Å². The minimum Gasteiger partial charge on any atom is -0.441 e. The molecule has 4 rings (SSSR count). The van der Waals surface area contributed by atoms with Gasteiger partial charge in [-0.3, -0.25) is 0 Å². The predicted octanol–water partition coefficient (Wildman–Crippen LogP) is 11.9. The number of rotatable bonds is 15. The summed E-state index contributed by atoms with van der Waals surface area (Å²) in [7, 11) is 0. The van der Waals surface area contributed by atoms with E-state index in [1.165, 1.54) is 69.8 Å². The van der Waals surface area contributed by atoms with E-state index in [1.807, 2.05) is 12.1 Å². The van der Waals surface area contributed by atoms with Gasteiger partial charge in [0.2, 0.25) is 0 Å². The van der Waals surface area contributed by atoms with Gasteiger partial charge in [0.15, 0.2) is 16.1 Å². The van der Waals surface area contributed by atoms with Crippen molar-refractivity contribution in [1.29, 1.82) is 0 Å². The fraction of sp³-hybridized carbons (Fsp3) is 0.457. The van der Waals surface area contributed by atoms with Crippen LogP contribution in [0.1, 0.15) is 102 Å². The lowest BCUT2D eigenvalue weighted by Gasteiger charge is -2.10. The topological polar surface area (TPSA) is 13.1 Å². The van der Waals surface area contributed by atoms with Crippen molar-refractivity contribution in [3.8, 4) is 11.1 Å². The Bertz CT molecular complexity index is 1370. The zero-order valence-electron chi connectivity index (χ0n) is 23.3. The van der Waals surface area contributed by atoms with E-state index in [0.29, 0.717) is 4.71 Å². The molecule has 0 bridgehead atoms. The van der Waals surface area contributed by atoms with Crippen molar-refractivity contribution in [2.75, 3.05) is 0 Å². The average Bonchev–Trinajstić information content (AvgIpc) is 2.94. The molecular formula is C35H43FOS. The summed E-state index contributed by atoms with van der Waals surface area (Å²) in [5, 5.41) is 2.60. The van der Waals surface area contributed by atoms with Gasteiger partial charge in [0.25, 0.3) is 0 Å². The third kappa shape index (κ3) is 7.32. The Balaban J connectivity index is 1.44. The molecule has 0 radical (unpaired) electrons. The second kappa shape index (κ2) is 14.6. The zero-order valence-corrected chi connectivity index (χ0v) is 24.1. The first-order valence-electron chi connectivity index (χ1n) is 14.9. The molecule has 0 aliphatic carbocycles. The van der Waals surface area contributed by atoms with E-state index in [-0.39, 0.29) is 11.4 Å². The minimum absolute atomic E-state index is 0.261. The fourth-order valence-corrected chi connectivity index (χ4v) is 5.70. The summed E-state index contributed by atoms with van der Waals surface area (Å²) in [6.07, 6.45) is 17.1. The molecule has 0 fully saturated rings. The minimum atomic E-state index is -0.261. The van der Waals surface area contributed by atoms with Crippen LogP contribution in [-0.2, 0) is 12.8 Å². The molecule has 3 heteroatoms. The van der Waals surface area contributed by atoms with Gasteiger partial charge in [-0.05, 0) is 71.6 Å². The van der Waals surface area contributed by atoms with Gasteiger partial charge in [0.1, 0.15) is 0 Å². The van der Waals surface area contributed by atoms with Crippen molar-refractivity contribution in [3.63, 3.8) is 0 Å². The van der Waals surface area contributed by atoms with Crippen LogP contribution in [-0.4, -0.2) is 0 Å². The monoisotopic (exact) mass is 530 g/mol. The summed E-state index contributed by atoms with van der Waals surface area (Å²) in [5.41, 5.74) is 4.66. The molecule has 0 saturated heterocycles. The largest absolute Gasteiger partial charge is 0.441 e. The highest BCUT2D eigenvalue weighted by Gasteiger charge is 2.14. The molecule has 3 aromatic carbocycles. The van der Waals surface area contributed by atoms with Crippen molar-refractivity contribution in [2.24, 2.45) is 0 Å². The molecule has 1 nitrogen and oxygen atoms in total. The van der Waals surface area contributed by atoms with Crippen LogP contribution >= 0.6 is 12.2 Å². The summed E-state index contributed by atoms with van der Waals surface area (Å²) in [4.78, 5) is 0. The van der Waals surface area contributed by atoms with E-state index < -0.39 is 0 Å². The van der Waals surface area contributed by atoms with E-state index in [2.05, 4.69) is 56.3 Å². The number of hydrogen-bond donors (Lipinski definition) is 0. The molecule has 4 aromatic rings. The number of fused-ring (bicyclic) bond motifs is 3. The van der Waals surface area contributed by atoms with Gasteiger partial charge in [-0.15, -0.1) is 0 Å². The molecule has 0 unspecified atom stereocenters. The van der Waals surface area contributed by atoms with Gasteiger partial charge >= 0.3 is 0 Å². The van der Waals surface area contributed by atoms with Crippen molar-refractivity contribution in [1.82, 2.24) is 0 Å². The number of halogens is 1. The lowest BCUT2D eigenvalue weighted by atomic mass is 9.97. The fourth-order valence-electron chi connectivity index (χ4n) is 5.45. The molecular weight excluding hydrogens is 487 g/mol. The van der Waals surface area contributed by atoms with E-state index in [1.54, 1.807) is 0 Å². The van der Waals surface area contributed by atoms with Crippen molar-refractivity contribution in [3.05, 3.63) is 76.2 Å². The first-order chi connectivity index (χ1) is 18.6. The van der Waals surface area contributed by atoms with Crippen LogP contribution in [0.4, 0.5) is 4.39 Å². The Labute approximate surface area is 233 Å². The van der Waals surface area contributed by atoms with Crippen LogP contribution in [0.5, 0.6) is 0 Å². The lowest BCUT2D eigenvalue weighted by Crippen LogP contribution is -1.94. The van der Waals surface area contributed by atoms with E-state index in [0.717, 1.165) is 58.5 Å². The first kappa shape index (κ1) is 28.5. The first-order valence-corrected chi connectivity index (χ1v) is 15.3. The lowest BCUT2D eigenvalue weighted by molar-refractivity contribution is 0.535. The highest BCUT2D eigenvalue weighted by atomic mass is 32.1. The SMILES string of the molecule is CCCCCCCCCCc1ccc(-c2ccc3c(c2)c(=S)oc2c(F)c(CCCCCC)ccc23)cc1. The van der Waals surface area contributed by atoms with Crippen molar-refractivity contribution in [2.45, 2.75) is 104 Å². The molecule has 0 spiro atoms. The Morgan fingerprint density at radius 2 is 1.18 bits per heavy atom. The van der Waals surface area contributed by atoms with Crippen LogP contribution in [0.3, 0.4) is 0 Å². The Morgan fingerprint density at radius 3 is 1.89 bits per heavy atom. The maximum Gasteiger partial charge on any atom is 0.198 e. The molecule has 1 aromatic heterocycles. The highest BCUT2D eigenvalue weighted by molar-refractivity contribution is 7.71. The predicted molar refractivity (Wildman–Crippen MR) is 164 cm³/mol. The summed E-state index contributed by atoms with van der Waals surface area (Å²) >= 11 is 5.60. The van der Waals surface area contributed by atoms with Gasteiger partial charge < -0.3 is 4.42 Å². The quantitative estimate of drug-likeness (QED) is 0.0861. The number of benzene rings is 3. The maximum atomic E-state index is 15.3. The smallest absolute Gasteiger partial charge is 0.198 e. The highest BCUT2D eigenvalue weighted by Crippen LogP contribution is 2.33. The normalized spacial score (nSPS) is 11.6. The van der Waals surface area contributed by atoms with Crippen molar-refractivity contribution >= 4 is 34.0 Å². The number of hydrogen-bond acceptors (Lipinski definition) is 2. The Kier molecular flexibility index (Phi) is 10.9. The average molecular weight is 531 g/mol. The van der Waals surface area contributed by atoms with Crippen LogP contribution in [0.15, 0.2) is 59.0 Å². The number of unbranched alkanes of at least 4 members (excludes halogenated alkanes) is 10. The van der Waals surface area contributed by atoms with Gasteiger partial charge in [-0.1, -0.05) is 127 Å². The van der Waals surface area contributed by atoms with Crippen molar-refractivity contribution < 1.29 is 8.81 Å². The Morgan fingerprint density at radius 1 is 0.605 bits per heavy atom. The molecule has 1 heterocycles. The van der Waals surface area contributed by atoms with Crippen LogP contribution < -0.4 is 0 Å². The second-order valence-corrected chi connectivity index (χ2v) is 11.2. The number of aryl methyl sites for hydroxylation is 2. The standard InChI is InChI=1S/C35H43FOS/c1-3-5-7-9-10-11-12-13-15-26-17-19-27(20-18-26)29-22-23-30-31-24-21-28(16-14-8-6-4-2)33(36)34(31)37-35(38)32(30)25-29/h17-25H,3-16H2,1-2H3. The Hall–Kier alpha value is -2.52. The van der Waals surface area contributed by atoms with Gasteiger partial charge in [-0.25, -0.2) is 4.39 Å². The molecule has 0 atom stereocenters. The molecule has 202 valence electrons. The van der Waals surface area contributed by atoms with E-state index in [9.17, 15) is 0 Å². The molecule has 0 aliphatic heterocycles. The van der Waals surface area contributed by atoms with Gasteiger partial charge in [-0.2, -0.15) is 0 Å². The van der Waals surface area contributed by atoms with Gasteiger partial charge in [0.05, 0.1) is 0 Å². The molecule has 38 heavy (non-hydrogen) atoms. The second-order valence-electron chi connectivity index (χ2n) is 10.8. The molecule has 0 saturated carbocycles. The maximum absolute atomic E-state index is 15.3. The third-order valence-electron chi connectivity index (χ3n) is 7.81. The van der Waals surface area contributed by atoms with E-state index in [4.69, 9.17) is 16.6 Å². The van der Waals surface area contributed by atoms with Crippen LogP contribution in [0.25, 0.3) is 32.9 Å². The third-order valence-corrected chi connectivity index (χ3v) is 8.11. The summed E-state index contributed by atoms with van der Waals surface area (Å²) in [6, 6.07) is 19.1. The van der Waals surface area contributed by atoms with E-state index >= 15 is 4.39 Å². The molecule has 0 aliphatic rings.